The molecule has 0 radical (unpaired) electrons. The lowest BCUT2D eigenvalue weighted by molar-refractivity contribution is 0.194. The molecular formula is C30H31FN4OS. The first-order valence-electron chi connectivity index (χ1n) is 12.8. The fourth-order valence-electron chi connectivity index (χ4n) is 5.56. The average Bonchev–Trinajstić information content (AvgIpc) is 3.48. The number of aromatic nitrogens is 1. The second-order valence-electron chi connectivity index (χ2n) is 10.2. The summed E-state index contributed by atoms with van der Waals surface area (Å²) >= 11 is 1.87. The third-order valence-electron chi connectivity index (χ3n) is 7.59. The lowest BCUT2D eigenvalue weighted by Crippen LogP contribution is -2.38. The molecule has 0 unspecified atom stereocenters. The molecule has 37 heavy (non-hydrogen) atoms. The highest BCUT2D eigenvalue weighted by Crippen LogP contribution is 2.44. The lowest BCUT2D eigenvalue weighted by Gasteiger charge is -2.31. The van der Waals surface area contributed by atoms with Crippen molar-refractivity contribution in [2.24, 2.45) is 0 Å². The molecule has 0 saturated heterocycles. The molecule has 7 heteroatoms. The average molecular weight is 515 g/mol. The first kappa shape index (κ1) is 23.8. The molecule has 4 aromatic rings. The largest absolute Gasteiger partial charge is 0.378 e. The van der Waals surface area contributed by atoms with Crippen LogP contribution in [-0.4, -0.2) is 29.6 Å². The second kappa shape index (κ2) is 9.38. The fourth-order valence-corrected chi connectivity index (χ4v) is 6.96. The van der Waals surface area contributed by atoms with E-state index in [-0.39, 0.29) is 17.9 Å². The summed E-state index contributed by atoms with van der Waals surface area (Å²) in [6.07, 6.45) is 6.68. The van der Waals surface area contributed by atoms with Gasteiger partial charge in [0.15, 0.2) is 0 Å². The van der Waals surface area contributed by atoms with Crippen molar-refractivity contribution in [1.29, 1.82) is 0 Å². The third-order valence-corrected chi connectivity index (χ3v) is 8.92. The Labute approximate surface area is 221 Å². The van der Waals surface area contributed by atoms with Gasteiger partial charge in [-0.25, -0.2) is 9.18 Å². The highest BCUT2D eigenvalue weighted by atomic mass is 32.1. The number of hydrogen-bond donors (Lipinski definition) is 1. The number of benzene rings is 2. The number of fused-ring (bicyclic) bond motifs is 5. The molecule has 5 nitrogen and oxygen atoms in total. The van der Waals surface area contributed by atoms with Gasteiger partial charge in [-0.15, -0.1) is 11.3 Å². The van der Waals surface area contributed by atoms with Crippen molar-refractivity contribution in [3.8, 4) is 5.00 Å². The maximum Gasteiger partial charge on any atom is 0.322 e. The minimum absolute atomic E-state index is 0.235. The van der Waals surface area contributed by atoms with Crippen LogP contribution in [0, 0.1) is 12.7 Å². The lowest BCUT2D eigenvalue weighted by atomic mass is 9.95. The molecule has 6 rings (SSSR count). The first-order chi connectivity index (χ1) is 17.9. The standard InChI is InChI=1S/C30H31FN4OS/c1-19-10-13-21(17-25(19)31)32-30(36)35-18-24-23-7-4-5-9-27(23)37-29(24)34-16-6-8-26(34)28(35)20-11-14-22(15-12-20)33(2)3/h6,8,10-17,28H,4-5,7,9,18H2,1-3H3,(H,32,36)/t28-/m1/s1. The van der Waals surface area contributed by atoms with Crippen LogP contribution >= 0.6 is 11.3 Å². The van der Waals surface area contributed by atoms with Gasteiger partial charge in [-0.05, 0) is 85.7 Å². The SMILES string of the molecule is Cc1ccc(NC(=O)N2Cc3c(sc4c3CCCC4)-n3cccc3[C@H]2c2ccc(N(C)C)cc2)cc1F. The third kappa shape index (κ3) is 4.21. The summed E-state index contributed by atoms with van der Waals surface area (Å²) < 4.78 is 16.6. The van der Waals surface area contributed by atoms with Gasteiger partial charge in [0.05, 0.1) is 18.3 Å². The van der Waals surface area contributed by atoms with E-state index in [4.69, 9.17) is 0 Å². The predicted octanol–water partition coefficient (Wildman–Crippen LogP) is 7.07. The Bertz CT molecular complexity index is 1470. The van der Waals surface area contributed by atoms with Gasteiger partial charge in [-0.2, -0.15) is 0 Å². The van der Waals surface area contributed by atoms with Crippen LogP contribution in [0.25, 0.3) is 5.00 Å². The van der Waals surface area contributed by atoms with Crippen LogP contribution in [0.4, 0.5) is 20.6 Å². The number of carbonyl (C=O) groups is 1. The van der Waals surface area contributed by atoms with Crippen LogP contribution in [0.3, 0.4) is 0 Å². The normalized spacial score (nSPS) is 16.4. The number of halogens is 1. The summed E-state index contributed by atoms with van der Waals surface area (Å²) in [7, 11) is 4.04. The number of aryl methyl sites for hydroxylation is 2. The molecule has 0 saturated carbocycles. The van der Waals surface area contributed by atoms with Crippen LogP contribution in [-0.2, 0) is 19.4 Å². The number of rotatable bonds is 3. The number of thiophene rings is 1. The second-order valence-corrected chi connectivity index (χ2v) is 11.3. The molecular weight excluding hydrogens is 483 g/mol. The number of hydrogen-bond acceptors (Lipinski definition) is 3. The number of carbonyl (C=O) groups excluding carboxylic acids is 1. The van der Waals surface area contributed by atoms with E-state index in [1.165, 1.54) is 39.9 Å². The molecule has 0 bridgehead atoms. The van der Waals surface area contributed by atoms with Crippen LogP contribution < -0.4 is 10.2 Å². The van der Waals surface area contributed by atoms with Gasteiger partial charge in [-0.3, -0.25) is 0 Å². The number of urea groups is 1. The maximum atomic E-state index is 14.3. The van der Waals surface area contributed by atoms with Gasteiger partial charge in [0.2, 0.25) is 0 Å². The van der Waals surface area contributed by atoms with Crippen molar-refractivity contribution < 1.29 is 9.18 Å². The summed E-state index contributed by atoms with van der Waals surface area (Å²) in [5.41, 5.74) is 6.87. The quantitative estimate of drug-likeness (QED) is 0.318. The minimum atomic E-state index is -0.326. The van der Waals surface area contributed by atoms with Crippen LogP contribution in [0.15, 0.2) is 60.8 Å². The van der Waals surface area contributed by atoms with E-state index in [0.717, 1.165) is 29.8 Å². The molecule has 2 amide bonds. The van der Waals surface area contributed by atoms with Crippen LogP contribution in [0.5, 0.6) is 0 Å². The molecule has 0 spiro atoms. The Balaban J connectivity index is 1.47. The van der Waals surface area contributed by atoms with Gasteiger partial charge < -0.3 is 19.7 Å². The van der Waals surface area contributed by atoms with Crippen molar-refractivity contribution in [3.63, 3.8) is 0 Å². The molecule has 2 aliphatic rings. The summed E-state index contributed by atoms with van der Waals surface area (Å²) in [4.78, 5) is 19.4. The van der Waals surface area contributed by atoms with Gasteiger partial charge >= 0.3 is 6.03 Å². The van der Waals surface area contributed by atoms with Crippen molar-refractivity contribution in [2.45, 2.75) is 45.2 Å². The Morgan fingerprint density at radius 2 is 1.84 bits per heavy atom. The van der Waals surface area contributed by atoms with Crippen molar-refractivity contribution in [1.82, 2.24) is 9.47 Å². The van der Waals surface area contributed by atoms with E-state index in [0.29, 0.717) is 17.8 Å². The zero-order valence-electron chi connectivity index (χ0n) is 21.4. The first-order valence-corrected chi connectivity index (χ1v) is 13.6. The van der Waals surface area contributed by atoms with Crippen molar-refractivity contribution in [3.05, 3.63) is 99.4 Å². The Morgan fingerprint density at radius 1 is 1.05 bits per heavy atom. The van der Waals surface area contributed by atoms with E-state index in [9.17, 15) is 9.18 Å². The summed E-state index contributed by atoms with van der Waals surface area (Å²) in [6.45, 7) is 2.22. The molecule has 0 fully saturated rings. The Morgan fingerprint density at radius 3 is 2.59 bits per heavy atom. The number of amides is 2. The minimum Gasteiger partial charge on any atom is -0.378 e. The van der Waals surface area contributed by atoms with Gasteiger partial charge in [0, 0.05) is 42.1 Å². The number of nitrogens with one attached hydrogen (secondary N) is 1. The van der Waals surface area contributed by atoms with Crippen molar-refractivity contribution in [2.75, 3.05) is 24.3 Å². The topological polar surface area (TPSA) is 40.5 Å². The molecule has 3 heterocycles. The highest BCUT2D eigenvalue weighted by Gasteiger charge is 2.36. The molecule has 2 aromatic heterocycles. The van der Waals surface area contributed by atoms with Crippen molar-refractivity contribution >= 4 is 28.7 Å². The van der Waals surface area contributed by atoms with E-state index in [1.54, 1.807) is 19.1 Å². The Kier molecular flexibility index (Phi) is 6.03. The van der Waals surface area contributed by atoms with E-state index in [2.05, 4.69) is 57.4 Å². The van der Waals surface area contributed by atoms with Gasteiger partial charge in [0.1, 0.15) is 10.8 Å². The van der Waals surface area contributed by atoms with Gasteiger partial charge in [0.25, 0.3) is 0 Å². The maximum absolute atomic E-state index is 14.3. The summed E-state index contributed by atoms with van der Waals surface area (Å²) in [5.74, 6) is -0.326. The van der Waals surface area contributed by atoms with E-state index < -0.39 is 0 Å². The number of anilines is 2. The van der Waals surface area contributed by atoms with Gasteiger partial charge in [-0.1, -0.05) is 18.2 Å². The smallest absolute Gasteiger partial charge is 0.322 e. The molecule has 1 atom stereocenters. The predicted molar refractivity (Wildman–Crippen MR) is 149 cm³/mol. The summed E-state index contributed by atoms with van der Waals surface area (Å²) in [6, 6.07) is 16.9. The van der Waals surface area contributed by atoms with Crippen LogP contribution in [0.2, 0.25) is 0 Å². The molecule has 1 N–H and O–H groups in total. The van der Waals surface area contributed by atoms with Crippen LogP contribution in [0.1, 0.15) is 51.7 Å². The molecule has 1 aliphatic heterocycles. The summed E-state index contributed by atoms with van der Waals surface area (Å²) in [5, 5.41) is 4.22. The molecule has 1 aliphatic carbocycles. The highest BCUT2D eigenvalue weighted by molar-refractivity contribution is 7.15. The van der Waals surface area contributed by atoms with E-state index in [1.807, 2.05) is 30.3 Å². The molecule has 190 valence electrons. The monoisotopic (exact) mass is 514 g/mol. The van der Waals surface area contributed by atoms with E-state index >= 15 is 0 Å². The fraction of sp³-hybridized carbons (Fsp3) is 0.300. The number of nitrogens with zero attached hydrogens (tertiary/aromatic N) is 3. The zero-order chi connectivity index (χ0) is 25.7. The Hall–Kier alpha value is -3.58. The molecule has 2 aromatic carbocycles. The zero-order valence-corrected chi connectivity index (χ0v) is 22.2.